The van der Waals surface area contributed by atoms with Crippen molar-refractivity contribution in [2.24, 2.45) is 0 Å². The Balaban J connectivity index is 2.18. The van der Waals surface area contributed by atoms with Crippen molar-refractivity contribution in [2.45, 2.75) is 31.4 Å². The molecule has 1 aromatic carbocycles. The fourth-order valence-electron chi connectivity index (χ4n) is 2.67. The summed E-state index contributed by atoms with van der Waals surface area (Å²) in [5.41, 5.74) is -0.982. The molecule has 1 saturated heterocycles. The van der Waals surface area contributed by atoms with Crippen molar-refractivity contribution in [3.8, 4) is 0 Å². The van der Waals surface area contributed by atoms with Crippen LogP contribution in [0.5, 0.6) is 0 Å². The highest BCUT2D eigenvalue weighted by Gasteiger charge is 2.39. The van der Waals surface area contributed by atoms with E-state index in [0.717, 1.165) is 6.07 Å². The van der Waals surface area contributed by atoms with Gasteiger partial charge in [0.15, 0.2) is 0 Å². The third-order valence-corrected chi connectivity index (χ3v) is 4.54. The van der Waals surface area contributed by atoms with Gasteiger partial charge in [-0.15, -0.1) is 0 Å². The summed E-state index contributed by atoms with van der Waals surface area (Å²) in [5, 5.41) is 14.1. The summed E-state index contributed by atoms with van der Waals surface area (Å²) >= 11 is 5.70. The van der Waals surface area contributed by atoms with Gasteiger partial charge in [0.05, 0.1) is 17.2 Å². The molecule has 2 rings (SSSR count). The molecule has 6 heteroatoms. The second-order valence-electron chi connectivity index (χ2n) is 5.57. The lowest BCUT2D eigenvalue weighted by atomic mass is 9.85. The summed E-state index contributed by atoms with van der Waals surface area (Å²) in [6.45, 7) is 3.20. The quantitative estimate of drug-likeness (QED) is 0.898. The number of piperidine rings is 1. The first-order chi connectivity index (χ1) is 9.85. The Kier molecular flexibility index (Phi) is 4.86. The van der Waals surface area contributed by atoms with Gasteiger partial charge in [0, 0.05) is 12.1 Å². The highest BCUT2D eigenvalue weighted by molar-refractivity contribution is 6.30. The van der Waals surface area contributed by atoms with E-state index in [2.05, 4.69) is 5.32 Å². The third-order valence-electron chi connectivity index (χ3n) is 4.31. The number of halogens is 2. The van der Waals surface area contributed by atoms with Crippen LogP contribution in [0.4, 0.5) is 4.39 Å². The van der Waals surface area contributed by atoms with Crippen LogP contribution in [0, 0.1) is 5.82 Å². The normalized spacial score (nSPS) is 19.1. The van der Waals surface area contributed by atoms with Crippen LogP contribution >= 0.6 is 11.6 Å². The summed E-state index contributed by atoms with van der Waals surface area (Å²) in [6.07, 6.45) is 1.13. The molecule has 1 amide bonds. The summed E-state index contributed by atoms with van der Waals surface area (Å²) in [7, 11) is 1.58. The van der Waals surface area contributed by atoms with Crippen LogP contribution in [0.2, 0.25) is 5.02 Å². The van der Waals surface area contributed by atoms with E-state index in [0.29, 0.717) is 25.9 Å². The molecular weight excluding hydrogens is 295 g/mol. The van der Waals surface area contributed by atoms with E-state index in [1.807, 2.05) is 0 Å². The predicted octanol–water partition coefficient (Wildman–Crippen LogP) is 2.05. The molecular formula is C15H20ClFN2O2. The molecule has 0 aliphatic carbocycles. The third kappa shape index (κ3) is 3.36. The van der Waals surface area contributed by atoms with Crippen LogP contribution in [0.3, 0.4) is 0 Å². The predicted molar refractivity (Wildman–Crippen MR) is 80.0 cm³/mol. The van der Waals surface area contributed by atoms with E-state index >= 15 is 0 Å². The van der Waals surface area contributed by atoms with Gasteiger partial charge in [0.2, 0.25) is 0 Å². The van der Waals surface area contributed by atoms with Gasteiger partial charge in [-0.05, 0) is 51.1 Å². The van der Waals surface area contributed by atoms with Crippen LogP contribution in [0.25, 0.3) is 0 Å². The van der Waals surface area contributed by atoms with Crippen molar-refractivity contribution < 1.29 is 14.3 Å². The fourth-order valence-corrected chi connectivity index (χ4v) is 2.83. The van der Waals surface area contributed by atoms with Crippen molar-refractivity contribution in [3.05, 3.63) is 34.6 Å². The van der Waals surface area contributed by atoms with Gasteiger partial charge in [-0.25, -0.2) is 4.39 Å². The Morgan fingerprint density at radius 2 is 2.10 bits per heavy atom. The lowest BCUT2D eigenvalue weighted by Crippen LogP contribution is -2.56. The number of aliphatic hydroxyl groups is 1. The molecule has 2 N–H and O–H groups in total. The van der Waals surface area contributed by atoms with Gasteiger partial charge < -0.3 is 15.3 Å². The molecule has 4 nitrogen and oxygen atoms in total. The standard InChI is InChI=1S/C15H20ClFN2O2/c1-10(15(21)5-7-18-8-6-15)19(2)14(20)12-4-3-11(16)9-13(12)17/h3-4,9-10,18,21H,5-8H2,1-2H3. The molecule has 0 radical (unpaired) electrons. The number of carbonyl (C=O) groups is 1. The van der Waals surface area contributed by atoms with Gasteiger partial charge >= 0.3 is 0 Å². The number of nitrogens with zero attached hydrogens (tertiary/aromatic N) is 1. The Hall–Kier alpha value is -1.17. The van der Waals surface area contributed by atoms with Crippen LogP contribution in [0.15, 0.2) is 18.2 Å². The van der Waals surface area contributed by atoms with E-state index in [-0.39, 0.29) is 10.6 Å². The Morgan fingerprint density at radius 3 is 2.67 bits per heavy atom. The summed E-state index contributed by atoms with van der Waals surface area (Å²) < 4.78 is 13.9. The van der Waals surface area contributed by atoms with Crippen molar-refractivity contribution >= 4 is 17.5 Å². The van der Waals surface area contributed by atoms with E-state index in [9.17, 15) is 14.3 Å². The molecule has 0 spiro atoms. The van der Waals surface area contributed by atoms with Crippen LogP contribution in [0.1, 0.15) is 30.1 Å². The van der Waals surface area contributed by atoms with Gasteiger partial charge in [-0.3, -0.25) is 4.79 Å². The van der Waals surface area contributed by atoms with Crippen LogP contribution < -0.4 is 5.32 Å². The van der Waals surface area contributed by atoms with Gasteiger partial charge in [-0.1, -0.05) is 11.6 Å². The van der Waals surface area contributed by atoms with Crippen molar-refractivity contribution in [1.29, 1.82) is 0 Å². The average Bonchev–Trinajstić information content (AvgIpc) is 2.46. The lowest BCUT2D eigenvalue weighted by molar-refractivity contribution is -0.0482. The maximum absolute atomic E-state index is 13.9. The number of hydrogen-bond donors (Lipinski definition) is 2. The molecule has 1 heterocycles. The number of hydrogen-bond acceptors (Lipinski definition) is 3. The monoisotopic (exact) mass is 314 g/mol. The number of carbonyl (C=O) groups excluding carboxylic acids is 1. The number of rotatable bonds is 3. The lowest BCUT2D eigenvalue weighted by Gasteiger charge is -2.42. The topological polar surface area (TPSA) is 52.6 Å². The minimum absolute atomic E-state index is 0.0358. The summed E-state index contributed by atoms with van der Waals surface area (Å²) in [5.74, 6) is -1.10. The van der Waals surface area contributed by atoms with E-state index < -0.39 is 23.4 Å². The number of amides is 1. The van der Waals surface area contributed by atoms with E-state index in [1.54, 1.807) is 14.0 Å². The maximum atomic E-state index is 13.9. The number of likely N-dealkylation sites (N-methyl/N-ethyl adjacent to an activating group) is 1. The fraction of sp³-hybridized carbons (Fsp3) is 0.533. The molecule has 0 saturated carbocycles. The molecule has 0 aromatic heterocycles. The molecule has 21 heavy (non-hydrogen) atoms. The van der Waals surface area contributed by atoms with Gasteiger partial charge in [-0.2, -0.15) is 0 Å². The Labute approximate surface area is 128 Å². The first kappa shape index (κ1) is 16.2. The molecule has 1 aromatic rings. The van der Waals surface area contributed by atoms with E-state index in [1.165, 1.54) is 17.0 Å². The van der Waals surface area contributed by atoms with Gasteiger partial charge in [0.1, 0.15) is 5.82 Å². The zero-order valence-electron chi connectivity index (χ0n) is 12.2. The summed E-state index contributed by atoms with van der Waals surface area (Å²) in [4.78, 5) is 13.8. The van der Waals surface area contributed by atoms with E-state index in [4.69, 9.17) is 11.6 Å². The Morgan fingerprint density at radius 1 is 1.48 bits per heavy atom. The van der Waals surface area contributed by atoms with Crippen molar-refractivity contribution in [3.63, 3.8) is 0 Å². The smallest absolute Gasteiger partial charge is 0.256 e. The first-order valence-electron chi connectivity index (χ1n) is 7.00. The molecule has 116 valence electrons. The maximum Gasteiger partial charge on any atom is 0.256 e. The number of benzene rings is 1. The largest absolute Gasteiger partial charge is 0.388 e. The zero-order valence-corrected chi connectivity index (χ0v) is 13.0. The molecule has 1 fully saturated rings. The highest BCUT2D eigenvalue weighted by atomic mass is 35.5. The zero-order chi connectivity index (χ0) is 15.6. The molecule has 1 atom stereocenters. The second-order valence-corrected chi connectivity index (χ2v) is 6.01. The molecule has 1 aliphatic rings. The molecule has 0 bridgehead atoms. The first-order valence-corrected chi connectivity index (χ1v) is 7.38. The molecule has 1 unspecified atom stereocenters. The van der Waals surface area contributed by atoms with Crippen molar-refractivity contribution in [2.75, 3.05) is 20.1 Å². The van der Waals surface area contributed by atoms with Crippen LogP contribution in [-0.2, 0) is 0 Å². The minimum Gasteiger partial charge on any atom is -0.388 e. The minimum atomic E-state index is -0.946. The average molecular weight is 315 g/mol. The van der Waals surface area contributed by atoms with Crippen LogP contribution in [-0.4, -0.2) is 47.7 Å². The van der Waals surface area contributed by atoms with Gasteiger partial charge in [0.25, 0.3) is 5.91 Å². The second kappa shape index (κ2) is 6.30. The SMILES string of the molecule is CC(N(C)C(=O)c1ccc(Cl)cc1F)C1(O)CCNCC1. The van der Waals surface area contributed by atoms with Crippen molar-refractivity contribution in [1.82, 2.24) is 10.2 Å². The molecule has 1 aliphatic heterocycles. The highest BCUT2D eigenvalue weighted by Crippen LogP contribution is 2.27. The summed E-state index contributed by atoms with van der Waals surface area (Å²) in [6, 6.07) is 3.57. The number of nitrogens with one attached hydrogen (secondary N) is 1. The Bertz CT molecular complexity index is 532.